The lowest BCUT2D eigenvalue weighted by Gasteiger charge is -2.38. The number of nitrogens with zero attached hydrogens (tertiary/aromatic N) is 1. The second-order valence-electron chi connectivity index (χ2n) is 6.14. The number of hydrogen-bond donors (Lipinski definition) is 2. The van der Waals surface area contributed by atoms with Gasteiger partial charge in [0, 0.05) is 19.0 Å². The molecule has 0 spiro atoms. The molecule has 3 N–H and O–H groups in total. The minimum atomic E-state index is -0.451. The zero-order chi connectivity index (χ0) is 13.9. The lowest BCUT2D eigenvalue weighted by molar-refractivity contribution is 0.00751. The zero-order valence-electron chi connectivity index (χ0n) is 11.8. The first-order valence-electron chi connectivity index (χ1n) is 6.51. The number of amides is 1. The van der Waals surface area contributed by atoms with Crippen molar-refractivity contribution in [2.75, 3.05) is 6.54 Å². The maximum atomic E-state index is 12.0. The van der Waals surface area contributed by atoms with Crippen LogP contribution in [-0.4, -0.2) is 35.0 Å². The Bertz CT molecular complexity index is 323. The van der Waals surface area contributed by atoms with Gasteiger partial charge in [-0.1, -0.05) is 0 Å². The van der Waals surface area contributed by atoms with Crippen LogP contribution in [0, 0.1) is 11.3 Å². The molecule has 1 aliphatic rings. The highest BCUT2D eigenvalue weighted by atomic mass is 16.6. The molecular weight excluding hydrogens is 230 g/mol. The monoisotopic (exact) mass is 255 g/mol. The van der Waals surface area contributed by atoms with Gasteiger partial charge >= 0.3 is 6.09 Å². The van der Waals surface area contributed by atoms with Crippen molar-refractivity contribution in [3.63, 3.8) is 0 Å². The van der Waals surface area contributed by atoms with Gasteiger partial charge in [-0.2, -0.15) is 0 Å². The summed E-state index contributed by atoms with van der Waals surface area (Å²) in [5, 5.41) is 7.32. The van der Waals surface area contributed by atoms with Crippen LogP contribution in [0.25, 0.3) is 0 Å². The largest absolute Gasteiger partial charge is 0.444 e. The van der Waals surface area contributed by atoms with Gasteiger partial charge in [0.05, 0.1) is 5.84 Å². The van der Waals surface area contributed by atoms with Gasteiger partial charge in [0.1, 0.15) is 5.60 Å². The van der Waals surface area contributed by atoms with E-state index in [-0.39, 0.29) is 18.0 Å². The van der Waals surface area contributed by atoms with E-state index in [4.69, 9.17) is 15.9 Å². The Kier molecular flexibility index (Phi) is 4.59. The zero-order valence-corrected chi connectivity index (χ0v) is 11.8. The van der Waals surface area contributed by atoms with E-state index in [2.05, 4.69) is 0 Å². The average molecular weight is 255 g/mol. The van der Waals surface area contributed by atoms with Gasteiger partial charge < -0.3 is 15.4 Å². The van der Waals surface area contributed by atoms with Crippen LogP contribution >= 0.6 is 0 Å². The number of hydrogen-bond acceptors (Lipinski definition) is 3. The SMILES string of the molecule is CC1CC(CC(=N)N)CCN1C(=O)OC(C)(C)C. The molecule has 1 fully saturated rings. The van der Waals surface area contributed by atoms with E-state index in [1.807, 2.05) is 27.7 Å². The summed E-state index contributed by atoms with van der Waals surface area (Å²) in [7, 11) is 0. The highest BCUT2D eigenvalue weighted by Crippen LogP contribution is 2.26. The molecule has 5 nitrogen and oxygen atoms in total. The lowest BCUT2D eigenvalue weighted by atomic mass is 9.89. The molecule has 2 unspecified atom stereocenters. The van der Waals surface area contributed by atoms with E-state index in [1.165, 1.54) is 0 Å². The molecule has 0 aromatic carbocycles. The third kappa shape index (κ3) is 4.55. The van der Waals surface area contributed by atoms with Crippen LogP contribution in [0.3, 0.4) is 0 Å². The summed E-state index contributed by atoms with van der Waals surface area (Å²) in [6, 6.07) is 0.151. The van der Waals surface area contributed by atoms with E-state index >= 15 is 0 Å². The fraction of sp³-hybridized carbons (Fsp3) is 0.846. The van der Waals surface area contributed by atoms with Crippen LogP contribution in [-0.2, 0) is 4.74 Å². The van der Waals surface area contributed by atoms with Gasteiger partial charge in [0.2, 0.25) is 0 Å². The van der Waals surface area contributed by atoms with Crippen LogP contribution in [0.4, 0.5) is 4.79 Å². The molecule has 104 valence electrons. The number of carbonyl (C=O) groups excluding carboxylic acids is 1. The highest BCUT2D eigenvalue weighted by Gasteiger charge is 2.31. The van der Waals surface area contributed by atoms with Crippen molar-refractivity contribution >= 4 is 11.9 Å². The first-order chi connectivity index (χ1) is 8.19. The van der Waals surface area contributed by atoms with Crippen molar-refractivity contribution in [3.8, 4) is 0 Å². The summed E-state index contributed by atoms with van der Waals surface area (Å²) in [6.45, 7) is 8.33. The minimum Gasteiger partial charge on any atom is -0.444 e. The predicted molar refractivity (Wildman–Crippen MR) is 71.7 cm³/mol. The number of carbonyl (C=O) groups is 1. The van der Waals surface area contributed by atoms with Crippen LogP contribution in [0.15, 0.2) is 0 Å². The summed E-state index contributed by atoms with van der Waals surface area (Å²) in [5.41, 5.74) is 4.97. The molecule has 2 atom stereocenters. The quantitative estimate of drug-likeness (QED) is 0.587. The average Bonchev–Trinajstić information content (AvgIpc) is 2.13. The molecule has 1 amide bonds. The Morgan fingerprint density at radius 1 is 1.50 bits per heavy atom. The Morgan fingerprint density at radius 3 is 2.56 bits per heavy atom. The smallest absolute Gasteiger partial charge is 0.410 e. The Hall–Kier alpha value is -1.26. The van der Waals surface area contributed by atoms with Gasteiger partial charge in [0.15, 0.2) is 0 Å². The third-order valence-electron chi connectivity index (χ3n) is 3.12. The number of amidine groups is 1. The van der Waals surface area contributed by atoms with E-state index in [1.54, 1.807) is 4.90 Å². The van der Waals surface area contributed by atoms with Gasteiger partial charge in [-0.25, -0.2) is 4.79 Å². The Balaban J connectivity index is 2.52. The van der Waals surface area contributed by atoms with Crippen molar-refractivity contribution in [2.45, 2.75) is 58.6 Å². The second-order valence-corrected chi connectivity index (χ2v) is 6.14. The van der Waals surface area contributed by atoms with Crippen molar-refractivity contribution in [3.05, 3.63) is 0 Å². The number of piperidine rings is 1. The lowest BCUT2D eigenvalue weighted by Crippen LogP contribution is -2.47. The van der Waals surface area contributed by atoms with Crippen molar-refractivity contribution < 1.29 is 9.53 Å². The van der Waals surface area contributed by atoms with Crippen LogP contribution in [0.1, 0.15) is 47.0 Å². The van der Waals surface area contributed by atoms with Crippen LogP contribution in [0.5, 0.6) is 0 Å². The second kappa shape index (κ2) is 5.59. The standard InChI is InChI=1S/C13H25N3O2/c1-9-7-10(8-11(14)15)5-6-16(9)12(17)18-13(2,3)4/h9-10H,5-8H2,1-4H3,(H3,14,15). The van der Waals surface area contributed by atoms with Gasteiger partial charge in [-0.3, -0.25) is 5.41 Å². The van der Waals surface area contributed by atoms with Gasteiger partial charge in [-0.15, -0.1) is 0 Å². The number of rotatable bonds is 2. The van der Waals surface area contributed by atoms with E-state index < -0.39 is 5.60 Å². The molecule has 0 aromatic rings. The third-order valence-corrected chi connectivity index (χ3v) is 3.12. The van der Waals surface area contributed by atoms with Crippen molar-refractivity contribution in [2.24, 2.45) is 11.7 Å². The van der Waals surface area contributed by atoms with E-state index in [9.17, 15) is 4.79 Å². The normalized spacial score (nSPS) is 24.8. The Labute approximate surface area is 109 Å². The molecule has 0 aliphatic carbocycles. The summed E-state index contributed by atoms with van der Waals surface area (Å²) in [4.78, 5) is 13.8. The molecule has 5 heteroatoms. The van der Waals surface area contributed by atoms with E-state index in [0.717, 1.165) is 12.8 Å². The van der Waals surface area contributed by atoms with Crippen LogP contribution in [0.2, 0.25) is 0 Å². The molecule has 1 aliphatic heterocycles. The van der Waals surface area contributed by atoms with E-state index in [0.29, 0.717) is 18.9 Å². The predicted octanol–water partition coefficient (Wildman–Crippen LogP) is 2.35. The summed E-state index contributed by atoms with van der Waals surface area (Å²) < 4.78 is 5.38. The van der Waals surface area contributed by atoms with Crippen molar-refractivity contribution in [1.82, 2.24) is 4.90 Å². The number of nitrogens with two attached hydrogens (primary N) is 1. The highest BCUT2D eigenvalue weighted by molar-refractivity contribution is 5.77. The topological polar surface area (TPSA) is 79.4 Å². The number of ether oxygens (including phenoxy) is 1. The van der Waals surface area contributed by atoms with Crippen LogP contribution < -0.4 is 5.73 Å². The maximum absolute atomic E-state index is 12.0. The Morgan fingerprint density at radius 2 is 2.11 bits per heavy atom. The number of likely N-dealkylation sites (tertiary alicyclic amines) is 1. The summed E-state index contributed by atoms with van der Waals surface area (Å²) in [6.07, 6.45) is 2.17. The first kappa shape index (κ1) is 14.8. The molecular formula is C13H25N3O2. The maximum Gasteiger partial charge on any atom is 0.410 e. The molecule has 18 heavy (non-hydrogen) atoms. The molecule has 0 saturated carbocycles. The molecule has 0 bridgehead atoms. The summed E-state index contributed by atoms with van der Waals surface area (Å²) >= 11 is 0. The fourth-order valence-electron chi connectivity index (χ4n) is 2.36. The van der Waals surface area contributed by atoms with Crippen molar-refractivity contribution in [1.29, 1.82) is 5.41 Å². The first-order valence-corrected chi connectivity index (χ1v) is 6.51. The minimum absolute atomic E-state index is 0.151. The molecule has 0 aromatic heterocycles. The van der Waals surface area contributed by atoms with Gasteiger partial charge in [-0.05, 0) is 46.5 Å². The molecule has 0 radical (unpaired) electrons. The van der Waals surface area contributed by atoms with Gasteiger partial charge in [0.25, 0.3) is 0 Å². The fourth-order valence-corrected chi connectivity index (χ4v) is 2.36. The molecule has 1 heterocycles. The summed E-state index contributed by atoms with van der Waals surface area (Å²) in [5.74, 6) is 0.647. The molecule has 1 saturated heterocycles. The molecule has 1 rings (SSSR count). The number of nitrogens with one attached hydrogen (secondary N) is 1.